The summed E-state index contributed by atoms with van der Waals surface area (Å²) in [6, 6.07) is 6.28. The Morgan fingerprint density at radius 2 is 2.30 bits per heavy atom. The van der Waals surface area contributed by atoms with Gasteiger partial charge in [-0.1, -0.05) is 13.0 Å². The molecule has 0 spiro atoms. The number of carbonyl (C=O) groups is 1. The van der Waals surface area contributed by atoms with Gasteiger partial charge in [0, 0.05) is 25.3 Å². The van der Waals surface area contributed by atoms with Gasteiger partial charge in [-0.05, 0) is 31.5 Å². The van der Waals surface area contributed by atoms with Crippen molar-refractivity contribution in [3.05, 3.63) is 36.2 Å². The number of hydrogen-bond donors (Lipinski definition) is 1. The smallest absolute Gasteiger partial charge is 0.257 e. The molecule has 0 bridgehead atoms. The first-order chi connectivity index (χ1) is 9.70. The summed E-state index contributed by atoms with van der Waals surface area (Å²) in [5.41, 5.74) is 1.57. The first kappa shape index (κ1) is 13.1. The van der Waals surface area contributed by atoms with Crippen LogP contribution < -0.4 is 5.32 Å². The lowest BCUT2D eigenvalue weighted by Gasteiger charge is -2.36. The molecular weight excluding hydrogens is 252 g/mol. The van der Waals surface area contributed by atoms with E-state index in [9.17, 15) is 4.79 Å². The molecule has 1 amide bonds. The number of amides is 1. The highest BCUT2D eigenvalue weighted by molar-refractivity contribution is 6.00. The SMILES string of the molecule is CNC1CCN(C(=O)c2cnn3ccccc23)CC1C. The van der Waals surface area contributed by atoms with Crippen LogP contribution in [0, 0.1) is 5.92 Å². The Hall–Kier alpha value is -1.88. The highest BCUT2D eigenvalue weighted by Gasteiger charge is 2.29. The van der Waals surface area contributed by atoms with Gasteiger partial charge < -0.3 is 10.2 Å². The van der Waals surface area contributed by atoms with Gasteiger partial charge in [0.1, 0.15) is 0 Å². The first-order valence-electron chi connectivity index (χ1n) is 7.09. The number of fused-ring (bicyclic) bond motifs is 1. The van der Waals surface area contributed by atoms with Crippen LogP contribution in [-0.2, 0) is 0 Å². The van der Waals surface area contributed by atoms with Crippen molar-refractivity contribution < 1.29 is 4.79 Å². The second-order valence-electron chi connectivity index (χ2n) is 5.50. The standard InChI is InChI=1S/C15H20N4O/c1-11-10-18(8-6-13(11)16-2)15(20)12-9-17-19-7-4-3-5-14(12)19/h3-5,7,9,11,13,16H,6,8,10H2,1-2H3. The number of pyridine rings is 1. The van der Waals surface area contributed by atoms with Crippen molar-refractivity contribution in [2.75, 3.05) is 20.1 Å². The summed E-state index contributed by atoms with van der Waals surface area (Å²) in [5, 5.41) is 7.56. The minimum Gasteiger partial charge on any atom is -0.338 e. The van der Waals surface area contributed by atoms with Crippen LogP contribution in [0.25, 0.3) is 5.52 Å². The summed E-state index contributed by atoms with van der Waals surface area (Å²) in [6.45, 7) is 3.80. The van der Waals surface area contributed by atoms with Crippen LogP contribution in [0.15, 0.2) is 30.6 Å². The fourth-order valence-electron chi connectivity index (χ4n) is 3.03. The maximum absolute atomic E-state index is 12.7. The summed E-state index contributed by atoms with van der Waals surface area (Å²) in [4.78, 5) is 14.6. The zero-order chi connectivity index (χ0) is 14.1. The van der Waals surface area contributed by atoms with E-state index in [4.69, 9.17) is 0 Å². The first-order valence-corrected chi connectivity index (χ1v) is 7.09. The maximum atomic E-state index is 12.7. The normalized spacial score (nSPS) is 23.2. The Balaban J connectivity index is 1.83. The largest absolute Gasteiger partial charge is 0.338 e. The average Bonchev–Trinajstić information content (AvgIpc) is 2.90. The topological polar surface area (TPSA) is 49.6 Å². The molecule has 3 heterocycles. The molecule has 1 fully saturated rings. The molecule has 1 aliphatic heterocycles. The molecule has 3 rings (SSSR count). The zero-order valence-electron chi connectivity index (χ0n) is 11.9. The lowest BCUT2D eigenvalue weighted by molar-refractivity contribution is 0.0651. The molecule has 2 atom stereocenters. The van der Waals surface area contributed by atoms with Crippen molar-refractivity contribution in [3.8, 4) is 0 Å². The fraction of sp³-hybridized carbons (Fsp3) is 0.467. The van der Waals surface area contributed by atoms with E-state index in [0.29, 0.717) is 17.5 Å². The minimum absolute atomic E-state index is 0.0904. The van der Waals surface area contributed by atoms with Gasteiger partial charge in [-0.3, -0.25) is 4.79 Å². The number of nitrogens with one attached hydrogen (secondary N) is 1. The molecular formula is C15H20N4O. The summed E-state index contributed by atoms with van der Waals surface area (Å²) < 4.78 is 1.75. The molecule has 5 nitrogen and oxygen atoms in total. The van der Waals surface area contributed by atoms with E-state index in [1.165, 1.54) is 0 Å². The van der Waals surface area contributed by atoms with Crippen molar-refractivity contribution in [1.29, 1.82) is 0 Å². The second-order valence-corrected chi connectivity index (χ2v) is 5.50. The zero-order valence-corrected chi connectivity index (χ0v) is 11.9. The highest BCUT2D eigenvalue weighted by Crippen LogP contribution is 2.20. The number of nitrogens with zero attached hydrogens (tertiary/aromatic N) is 3. The number of hydrogen-bond acceptors (Lipinski definition) is 3. The molecule has 0 saturated carbocycles. The van der Waals surface area contributed by atoms with Gasteiger partial charge in [0.2, 0.25) is 0 Å². The number of aromatic nitrogens is 2. The number of piperidine rings is 1. The quantitative estimate of drug-likeness (QED) is 0.899. The lowest BCUT2D eigenvalue weighted by Crippen LogP contribution is -2.49. The van der Waals surface area contributed by atoms with Crippen LogP contribution in [-0.4, -0.2) is 46.6 Å². The summed E-state index contributed by atoms with van der Waals surface area (Å²) in [6.07, 6.45) is 4.54. The van der Waals surface area contributed by atoms with E-state index >= 15 is 0 Å². The highest BCUT2D eigenvalue weighted by atomic mass is 16.2. The van der Waals surface area contributed by atoms with E-state index in [1.807, 2.05) is 36.3 Å². The van der Waals surface area contributed by atoms with Gasteiger partial charge in [0.15, 0.2) is 0 Å². The Kier molecular flexibility index (Phi) is 3.44. The van der Waals surface area contributed by atoms with Crippen molar-refractivity contribution in [1.82, 2.24) is 19.8 Å². The Labute approximate surface area is 118 Å². The third-order valence-corrected chi connectivity index (χ3v) is 4.22. The molecule has 2 aromatic rings. The van der Waals surface area contributed by atoms with Crippen LogP contribution >= 0.6 is 0 Å². The number of likely N-dealkylation sites (tertiary alicyclic amines) is 1. The summed E-state index contributed by atoms with van der Waals surface area (Å²) >= 11 is 0. The number of rotatable bonds is 2. The van der Waals surface area contributed by atoms with Crippen LogP contribution in [0.5, 0.6) is 0 Å². The molecule has 106 valence electrons. The van der Waals surface area contributed by atoms with Gasteiger partial charge in [-0.2, -0.15) is 5.10 Å². The summed E-state index contributed by atoms with van der Waals surface area (Å²) in [7, 11) is 1.99. The maximum Gasteiger partial charge on any atom is 0.257 e. The predicted octanol–water partition coefficient (Wildman–Crippen LogP) is 1.40. The molecule has 5 heteroatoms. The van der Waals surface area contributed by atoms with Gasteiger partial charge in [0.25, 0.3) is 5.91 Å². The second kappa shape index (κ2) is 5.25. The molecule has 1 aliphatic rings. The monoisotopic (exact) mass is 272 g/mol. The molecule has 0 aliphatic carbocycles. The van der Waals surface area contributed by atoms with Crippen molar-refractivity contribution in [2.45, 2.75) is 19.4 Å². The van der Waals surface area contributed by atoms with E-state index in [1.54, 1.807) is 10.7 Å². The third kappa shape index (κ3) is 2.18. The van der Waals surface area contributed by atoms with Gasteiger partial charge >= 0.3 is 0 Å². The van der Waals surface area contributed by atoms with Gasteiger partial charge in [0.05, 0.1) is 17.3 Å². The van der Waals surface area contributed by atoms with E-state index in [0.717, 1.165) is 25.0 Å². The van der Waals surface area contributed by atoms with Crippen molar-refractivity contribution in [3.63, 3.8) is 0 Å². The fourth-order valence-corrected chi connectivity index (χ4v) is 3.03. The van der Waals surface area contributed by atoms with Crippen LogP contribution in [0.3, 0.4) is 0 Å². The Morgan fingerprint density at radius 1 is 1.45 bits per heavy atom. The van der Waals surface area contributed by atoms with Crippen LogP contribution in [0.1, 0.15) is 23.7 Å². The van der Waals surface area contributed by atoms with E-state index in [-0.39, 0.29) is 5.91 Å². The molecule has 2 unspecified atom stereocenters. The lowest BCUT2D eigenvalue weighted by atomic mass is 9.93. The predicted molar refractivity (Wildman–Crippen MR) is 77.7 cm³/mol. The molecule has 2 aromatic heterocycles. The van der Waals surface area contributed by atoms with E-state index in [2.05, 4.69) is 17.3 Å². The molecule has 0 radical (unpaired) electrons. The average molecular weight is 272 g/mol. The van der Waals surface area contributed by atoms with Crippen molar-refractivity contribution in [2.24, 2.45) is 5.92 Å². The summed E-state index contributed by atoms with van der Waals surface area (Å²) in [5.74, 6) is 0.562. The Morgan fingerprint density at radius 3 is 3.05 bits per heavy atom. The molecule has 0 aromatic carbocycles. The van der Waals surface area contributed by atoms with Gasteiger partial charge in [-0.15, -0.1) is 0 Å². The van der Waals surface area contributed by atoms with Gasteiger partial charge in [-0.25, -0.2) is 4.52 Å². The molecule has 1 saturated heterocycles. The third-order valence-electron chi connectivity index (χ3n) is 4.22. The van der Waals surface area contributed by atoms with Crippen molar-refractivity contribution >= 4 is 11.4 Å². The van der Waals surface area contributed by atoms with Crippen LogP contribution in [0.2, 0.25) is 0 Å². The van der Waals surface area contributed by atoms with E-state index < -0.39 is 0 Å². The minimum atomic E-state index is 0.0904. The number of carbonyl (C=O) groups excluding carboxylic acids is 1. The molecule has 1 N–H and O–H groups in total. The Bertz CT molecular complexity index is 621. The molecule has 20 heavy (non-hydrogen) atoms. The van der Waals surface area contributed by atoms with Crippen LogP contribution in [0.4, 0.5) is 0 Å².